The Morgan fingerprint density at radius 1 is 0.909 bits per heavy atom. The van der Waals surface area contributed by atoms with Gasteiger partial charge in [0, 0.05) is 38.3 Å². The molecule has 0 unspecified atom stereocenters. The first-order chi connectivity index (χ1) is 15.9. The highest BCUT2D eigenvalue weighted by Gasteiger charge is 2.43. The van der Waals surface area contributed by atoms with Crippen molar-refractivity contribution in [3.63, 3.8) is 0 Å². The molecule has 2 amide bonds. The molecule has 0 atom stereocenters. The molecule has 8 nitrogen and oxygen atoms in total. The number of anilines is 1. The van der Waals surface area contributed by atoms with Crippen molar-refractivity contribution in [2.75, 3.05) is 38.1 Å². The van der Waals surface area contributed by atoms with E-state index in [9.17, 15) is 19.7 Å². The quantitative estimate of drug-likeness (QED) is 0.366. The molecule has 0 bridgehead atoms. The molecule has 2 aliphatic rings. The molecule has 33 heavy (non-hydrogen) atoms. The maximum Gasteiger partial charge on any atom is 0.282 e. The number of piperazine rings is 1. The molecule has 0 aliphatic carbocycles. The number of hydrogen-bond acceptors (Lipinski definition) is 6. The van der Waals surface area contributed by atoms with E-state index in [-0.39, 0.29) is 11.6 Å². The number of amides is 2. The van der Waals surface area contributed by atoms with Crippen LogP contribution in [0.1, 0.15) is 30.9 Å². The molecule has 0 N–H and O–H groups in total. The van der Waals surface area contributed by atoms with Gasteiger partial charge in [0.1, 0.15) is 5.70 Å². The minimum atomic E-state index is -0.479. The van der Waals surface area contributed by atoms with Gasteiger partial charge in [0.25, 0.3) is 17.5 Å². The minimum Gasteiger partial charge on any atom is -0.364 e. The Hall–Kier alpha value is -3.52. The second kappa shape index (κ2) is 9.54. The molecule has 2 heterocycles. The number of unbranched alkanes of at least 4 members (excludes halogenated alkanes) is 1. The van der Waals surface area contributed by atoms with Crippen molar-refractivity contribution in [1.82, 2.24) is 9.80 Å². The topological polar surface area (TPSA) is 87.0 Å². The van der Waals surface area contributed by atoms with Gasteiger partial charge in [-0.3, -0.25) is 19.7 Å². The van der Waals surface area contributed by atoms with Crippen LogP contribution < -0.4 is 4.90 Å². The molecule has 172 valence electrons. The van der Waals surface area contributed by atoms with Gasteiger partial charge in [-0.1, -0.05) is 25.5 Å². The van der Waals surface area contributed by atoms with E-state index in [1.807, 2.05) is 36.2 Å². The van der Waals surface area contributed by atoms with E-state index in [0.29, 0.717) is 35.6 Å². The average Bonchev–Trinajstić information content (AvgIpc) is 3.08. The van der Waals surface area contributed by atoms with Crippen molar-refractivity contribution in [1.29, 1.82) is 0 Å². The Morgan fingerprint density at radius 3 is 2.12 bits per heavy atom. The maximum absolute atomic E-state index is 13.6. The van der Waals surface area contributed by atoms with E-state index in [1.165, 1.54) is 22.6 Å². The fourth-order valence-corrected chi connectivity index (χ4v) is 4.28. The number of benzene rings is 2. The van der Waals surface area contributed by atoms with Crippen LogP contribution in [0.15, 0.2) is 54.2 Å². The number of hydrogen-bond donors (Lipinski definition) is 0. The largest absolute Gasteiger partial charge is 0.364 e. The SMILES string of the molecule is CCCCc1ccc(N2C(=O)C(c3ccc([N+](=O)[O-])cc3)=C(N3CCN(C)CC3)C2=O)cc1. The summed E-state index contributed by atoms with van der Waals surface area (Å²) in [5.41, 5.74) is 2.83. The van der Waals surface area contributed by atoms with E-state index >= 15 is 0 Å². The van der Waals surface area contributed by atoms with Gasteiger partial charge >= 0.3 is 0 Å². The molecule has 4 rings (SSSR count). The van der Waals surface area contributed by atoms with Crippen LogP contribution in [0.3, 0.4) is 0 Å². The van der Waals surface area contributed by atoms with Crippen LogP contribution >= 0.6 is 0 Å². The normalized spacial score (nSPS) is 17.3. The van der Waals surface area contributed by atoms with Gasteiger partial charge in [0.2, 0.25) is 0 Å². The lowest BCUT2D eigenvalue weighted by molar-refractivity contribution is -0.384. The van der Waals surface area contributed by atoms with Crippen molar-refractivity contribution in [3.05, 3.63) is 75.5 Å². The van der Waals surface area contributed by atoms with Gasteiger partial charge in [0.05, 0.1) is 16.2 Å². The maximum atomic E-state index is 13.6. The Balaban J connectivity index is 1.71. The summed E-state index contributed by atoms with van der Waals surface area (Å²) in [6, 6.07) is 13.4. The van der Waals surface area contributed by atoms with Crippen LogP contribution in [0.2, 0.25) is 0 Å². The zero-order chi connectivity index (χ0) is 23.5. The van der Waals surface area contributed by atoms with E-state index in [4.69, 9.17) is 0 Å². The number of aryl methyl sites for hydroxylation is 1. The first kappa shape index (κ1) is 22.7. The van der Waals surface area contributed by atoms with Crippen molar-refractivity contribution < 1.29 is 14.5 Å². The standard InChI is InChI=1S/C25H28N4O4/c1-3-4-5-18-6-10-20(11-7-18)28-24(30)22(19-8-12-21(13-9-19)29(32)33)23(25(28)31)27-16-14-26(2)15-17-27/h6-13H,3-5,14-17H2,1-2H3. The number of nitro benzene ring substituents is 1. The molecule has 1 saturated heterocycles. The fourth-order valence-electron chi connectivity index (χ4n) is 4.28. The number of nitro groups is 1. The van der Waals surface area contributed by atoms with Gasteiger partial charge in [-0.05, 0) is 55.3 Å². The molecule has 0 spiro atoms. The predicted molar refractivity (Wildman–Crippen MR) is 127 cm³/mol. The third-order valence-electron chi connectivity index (χ3n) is 6.26. The number of carbonyl (C=O) groups is 2. The Morgan fingerprint density at radius 2 is 1.55 bits per heavy atom. The Labute approximate surface area is 193 Å². The van der Waals surface area contributed by atoms with Crippen LogP contribution in [-0.4, -0.2) is 59.8 Å². The number of imide groups is 1. The van der Waals surface area contributed by atoms with E-state index < -0.39 is 10.8 Å². The lowest BCUT2D eigenvalue weighted by Gasteiger charge is -2.34. The molecule has 0 saturated carbocycles. The molecule has 0 radical (unpaired) electrons. The van der Waals surface area contributed by atoms with Gasteiger partial charge in [-0.25, -0.2) is 4.90 Å². The van der Waals surface area contributed by atoms with Crippen molar-refractivity contribution in [3.8, 4) is 0 Å². The molecule has 2 aliphatic heterocycles. The molecular weight excluding hydrogens is 420 g/mol. The monoisotopic (exact) mass is 448 g/mol. The van der Waals surface area contributed by atoms with Gasteiger partial charge in [-0.2, -0.15) is 0 Å². The zero-order valence-corrected chi connectivity index (χ0v) is 19.0. The fraction of sp³-hybridized carbons (Fsp3) is 0.360. The minimum absolute atomic E-state index is 0.0585. The summed E-state index contributed by atoms with van der Waals surface area (Å²) in [4.78, 5) is 43.2. The van der Waals surface area contributed by atoms with Crippen LogP contribution in [-0.2, 0) is 16.0 Å². The van der Waals surface area contributed by atoms with Crippen LogP contribution in [0.5, 0.6) is 0 Å². The summed E-state index contributed by atoms with van der Waals surface area (Å²) in [5, 5.41) is 11.1. The molecule has 2 aromatic carbocycles. The molecule has 1 fully saturated rings. The second-order valence-electron chi connectivity index (χ2n) is 8.53. The number of likely N-dealkylation sites (N-methyl/N-ethyl adjacent to an activating group) is 1. The number of nitrogens with zero attached hydrogens (tertiary/aromatic N) is 4. The molecule has 8 heteroatoms. The van der Waals surface area contributed by atoms with E-state index in [2.05, 4.69) is 11.8 Å². The Kier molecular flexibility index (Phi) is 6.55. The summed E-state index contributed by atoms with van der Waals surface area (Å²) < 4.78 is 0. The van der Waals surface area contributed by atoms with Gasteiger partial charge < -0.3 is 9.80 Å². The zero-order valence-electron chi connectivity index (χ0n) is 19.0. The number of non-ortho nitro benzene ring substituents is 1. The van der Waals surface area contributed by atoms with Crippen LogP contribution in [0.25, 0.3) is 5.57 Å². The third kappa shape index (κ3) is 4.52. The van der Waals surface area contributed by atoms with Crippen LogP contribution in [0.4, 0.5) is 11.4 Å². The number of rotatable bonds is 7. The lowest BCUT2D eigenvalue weighted by atomic mass is 10.0. The summed E-state index contributed by atoms with van der Waals surface area (Å²) in [5.74, 6) is -0.747. The smallest absolute Gasteiger partial charge is 0.282 e. The average molecular weight is 449 g/mol. The summed E-state index contributed by atoms with van der Waals surface area (Å²) >= 11 is 0. The van der Waals surface area contributed by atoms with Gasteiger partial charge in [0.15, 0.2) is 0 Å². The molecular formula is C25H28N4O4. The first-order valence-corrected chi connectivity index (χ1v) is 11.3. The summed E-state index contributed by atoms with van der Waals surface area (Å²) in [6.07, 6.45) is 3.14. The highest BCUT2D eigenvalue weighted by molar-refractivity contribution is 6.45. The van der Waals surface area contributed by atoms with Crippen LogP contribution in [0, 0.1) is 10.1 Å². The highest BCUT2D eigenvalue weighted by atomic mass is 16.6. The van der Waals surface area contributed by atoms with Crippen molar-refractivity contribution in [2.24, 2.45) is 0 Å². The first-order valence-electron chi connectivity index (χ1n) is 11.3. The van der Waals surface area contributed by atoms with Crippen molar-refractivity contribution in [2.45, 2.75) is 26.2 Å². The third-order valence-corrected chi connectivity index (χ3v) is 6.26. The van der Waals surface area contributed by atoms with E-state index in [1.54, 1.807) is 12.1 Å². The molecule has 2 aromatic rings. The van der Waals surface area contributed by atoms with E-state index in [0.717, 1.165) is 32.4 Å². The lowest BCUT2D eigenvalue weighted by Crippen LogP contribution is -2.46. The van der Waals surface area contributed by atoms with Crippen molar-refractivity contribution >= 4 is 28.8 Å². The Bertz CT molecular complexity index is 1080. The highest BCUT2D eigenvalue weighted by Crippen LogP contribution is 2.35. The summed E-state index contributed by atoms with van der Waals surface area (Å²) in [6.45, 7) is 4.97. The second-order valence-corrected chi connectivity index (χ2v) is 8.53. The number of carbonyl (C=O) groups excluding carboxylic acids is 2. The van der Waals surface area contributed by atoms with Gasteiger partial charge in [-0.15, -0.1) is 0 Å². The summed E-state index contributed by atoms with van der Waals surface area (Å²) in [7, 11) is 2.02. The molecule has 0 aromatic heterocycles. The predicted octanol–water partition coefficient (Wildman–Crippen LogP) is 3.47.